The Morgan fingerprint density at radius 1 is 1.11 bits per heavy atom. The summed E-state index contributed by atoms with van der Waals surface area (Å²) in [6.45, 7) is 8.96. The van der Waals surface area contributed by atoms with E-state index < -0.39 is 18.0 Å². The Kier molecular flexibility index (Phi) is 16.6. The third kappa shape index (κ3) is 24.1. The van der Waals surface area contributed by atoms with Crippen molar-refractivity contribution in [3.8, 4) is 0 Å². The molecule has 106 valence electrons. The normalized spacial score (nSPS) is 9.83. The molecule has 0 aromatic heterocycles. The van der Waals surface area contributed by atoms with Gasteiger partial charge in [0.25, 0.3) is 0 Å². The number of hydrogen-bond acceptors (Lipinski definition) is 4. The van der Waals surface area contributed by atoms with Gasteiger partial charge in [0.15, 0.2) is 0 Å². The maximum atomic E-state index is 9.60. The highest BCUT2D eigenvalue weighted by Crippen LogP contribution is 1.82. The number of aliphatic carboxylic acids is 2. The van der Waals surface area contributed by atoms with Crippen molar-refractivity contribution in [2.24, 2.45) is 0 Å². The molecule has 0 aromatic rings. The van der Waals surface area contributed by atoms with E-state index in [1.54, 1.807) is 0 Å². The van der Waals surface area contributed by atoms with Gasteiger partial charge < -0.3 is 20.4 Å². The average molecular weight is 283 g/mol. The van der Waals surface area contributed by atoms with Crippen molar-refractivity contribution < 1.29 is 30.0 Å². The van der Waals surface area contributed by atoms with Crippen LogP contribution < -0.4 is 0 Å². The second-order valence-electron chi connectivity index (χ2n) is 3.16. The van der Waals surface area contributed by atoms with E-state index in [1.807, 2.05) is 0 Å². The van der Waals surface area contributed by atoms with Crippen LogP contribution in [0.15, 0.2) is 24.3 Å². The van der Waals surface area contributed by atoms with Crippen molar-refractivity contribution in [3.05, 3.63) is 24.3 Å². The zero-order valence-corrected chi connectivity index (χ0v) is 11.1. The zero-order valence-electron chi connectivity index (χ0n) is 10.4. The largest absolute Gasteiger partial charge is 0.478 e. The molecule has 0 spiro atoms. The van der Waals surface area contributed by atoms with E-state index in [0.29, 0.717) is 0 Å². The molecule has 0 radical (unpaired) electrons. The number of carboxylic acid groups (broad SMARTS) is 2. The lowest BCUT2D eigenvalue weighted by Gasteiger charge is -1.95. The first-order chi connectivity index (χ1) is 8.09. The topological polar surface area (TPSA) is 115 Å². The number of rotatable bonds is 4. The highest BCUT2D eigenvalue weighted by Gasteiger charge is 1.94. The van der Waals surface area contributed by atoms with E-state index in [4.69, 9.17) is 32.0 Å². The number of carbonyl (C=O) groups is 2. The molecule has 0 saturated heterocycles. The molecular weight excluding hydrogens is 264 g/mol. The van der Waals surface area contributed by atoms with E-state index in [0.717, 1.165) is 0 Å². The summed E-state index contributed by atoms with van der Waals surface area (Å²) in [6.07, 6.45) is -0.744. The first-order valence-electron chi connectivity index (χ1n) is 4.72. The summed E-state index contributed by atoms with van der Waals surface area (Å²) in [6, 6.07) is 0. The number of alkyl halides is 1. The third-order valence-electron chi connectivity index (χ3n) is 1.12. The van der Waals surface area contributed by atoms with E-state index in [9.17, 15) is 9.59 Å². The molecule has 4 N–H and O–H groups in total. The van der Waals surface area contributed by atoms with Crippen molar-refractivity contribution in [3.63, 3.8) is 0 Å². The molecule has 6 nitrogen and oxygen atoms in total. The first kappa shape index (κ1) is 21.9. The molecule has 0 aromatic carbocycles. The fourth-order valence-electron chi connectivity index (χ4n) is 0.0488. The molecule has 0 aliphatic heterocycles. The van der Waals surface area contributed by atoms with Gasteiger partial charge in [-0.15, -0.1) is 11.6 Å². The van der Waals surface area contributed by atoms with Gasteiger partial charge in [-0.1, -0.05) is 13.2 Å². The number of carboxylic acids is 2. The predicted molar refractivity (Wildman–Crippen MR) is 68.7 cm³/mol. The van der Waals surface area contributed by atoms with Crippen molar-refractivity contribution in [2.75, 3.05) is 12.5 Å². The molecular formula is C11H19ClO6. The fourth-order valence-corrected chi connectivity index (χ4v) is 0.146. The monoisotopic (exact) mass is 282 g/mol. The number of aliphatic hydroxyl groups is 2. The van der Waals surface area contributed by atoms with Gasteiger partial charge in [-0.25, -0.2) is 9.59 Å². The van der Waals surface area contributed by atoms with Crippen LogP contribution in [0.5, 0.6) is 0 Å². The molecule has 0 rings (SSSR count). The Labute approximate surface area is 111 Å². The molecule has 0 heterocycles. The van der Waals surface area contributed by atoms with Gasteiger partial charge in [0.1, 0.15) is 0 Å². The Morgan fingerprint density at radius 3 is 1.33 bits per heavy atom. The predicted octanol–water partition coefficient (Wildman–Crippen LogP) is 0.873. The van der Waals surface area contributed by atoms with Crippen LogP contribution in [0.1, 0.15) is 13.8 Å². The molecule has 0 aliphatic rings. The van der Waals surface area contributed by atoms with Crippen LogP contribution >= 0.6 is 11.6 Å². The van der Waals surface area contributed by atoms with Crippen LogP contribution in [0.25, 0.3) is 0 Å². The second-order valence-corrected chi connectivity index (χ2v) is 3.47. The summed E-state index contributed by atoms with van der Waals surface area (Å²) in [7, 11) is 0. The highest BCUT2D eigenvalue weighted by molar-refractivity contribution is 6.18. The SMILES string of the molecule is C=C(C)C(=O)O.C=C(C)C(=O)O.OCC(O)CCl. The molecule has 1 atom stereocenters. The molecule has 0 saturated carbocycles. The highest BCUT2D eigenvalue weighted by atomic mass is 35.5. The lowest BCUT2D eigenvalue weighted by molar-refractivity contribution is -0.133. The quantitative estimate of drug-likeness (QED) is 0.449. The minimum atomic E-state index is -0.935. The maximum absolute atomic E-state index is 9.60. The standard InChI is InChI=1S/2C4H6O2.C3H7ClO2/c2*1-3(2)4(5)6;4-1-3(6)2-5/h2*1H2,2H3,(H,5,6);3,5-6H,1-2H2. The Morgan fingerprint density at radius 2 is 1.33 bits per heavy atom. The summed E-state index contributed by atoms with van der Waals surface area (Å²) in [5, 5.41) is 32.1. The van der Waals surface area contributed by atoms with E-state index in [2.05, 4.69) is 13.2 Å². The van der Waals surface area contributed by atoms with E-state index in [-0.39, 0.29) is 23.6 Å². The fraction of sp³-hybridized carbons (Fsp3) is 0.455. The molecule has 0 amide bonds. The molecule has 7 heteroatoms. The maximum Gasteiger partial charge on any atom is 0.330 e. The summed E-state index contributed by atoms with van der Waals surface area (Å²) < 4.78 is 0. The summed E-state index contributed by atoms with van der Waals surface area (Å²) in [5.41, 5.74) is 0.352. The third-order valence-corrected chi connectivity index (χ3v) is 1.48. The summed E-state index contributed by atoms with van der Waals surface area (Å²) in [4.78, 5) is 19.2. The van der Waals surface area contributed by atoms with Crippen molar-refractivity contribution >= 4 is 23.5 Å². The van der Waals surface area contributed by atoms with Crippen LogP contribution in [0.2, 0.25) is 0 Å². The van der Waals surface area contributed by atoms with Gasteiger partial charge in [-0.3, -0.25) is 0 Å². The van der Waals surface area contributed by atoms with Gasteiger partial charge in [0.2, 0.25) is 0 Å². The van der Waals surface area contributed by atoms with Crippen LogP contribution in [0.4, 0.5) is 0 Å². The van der Waals surface area contributed by atoms with Gasteiger partial charge >= 0.3 is 11.9 Å². The van der Waals surface area contributed by atoms with Crippen LogP contribution in [0, 0.1) is 0 Å². The molecule has 0 bridgehead atoms. The van der Waals surface area contributed by atoms with Crippen LogP contribution in [-0.4, -0.2) is 51.0 Å². The van der Waals surface area contributed by atoms with Crippen molar-refractivity contribution in [1.82, 2.24) is 0 Å². The minimum absolute atomic E-state index is 0.108. The van der Waals surface area contributed by atoms with Crippen molar-refractivity contribution in [1.29, 1.82) is 0 Å². The van der Waals surface area contributed by atoms with Crippen LogP contribution in [-0.2, 0) is 9.59 Å². The lowest BCUT2D eigenvalue weighted by atomic mass is 10.4. The van der Waals surface area contributed by atoms with E-state index in [1.165, 1.54) is 13.8 Å². The molecule has 1 unspecified atom stereocenters. The van der Waals surface area contributed by atoms with Crippen molar-refractivity contribution in [2.45, 2.75) is 20.0 Å². The van der Waals surface area contributed by atoms with Gasteiger partial charge in [0.05, 0.1) is 18.6 Å². The van der Waals surface area contributed by atoms with Gasteiger partial charge in [-0.2, -0.15) is 0 Å². The van der Waals surface area contributed by atoms with E-state index >= 15 is 0 Å². The average Bonchev–Trinajstić information content (AvgIpc) is 2.29. The molecule has 18 heavy (non-hydrogen) atoms. The Hall–Kier alpha value is -1.37. The Bertz CT molecular complexity index is 235. The Balaban J connectivity index is -0.000000187. The number of hydrogen-bond donors (Lipinski definition) is 4. The molecule has 0 aliphatic carbocycles. The summed E-state index contributed by atoms with van der Waals surface area (Å²) in [5.74, 6) is -1.76. The minimum Gasteiger partial charge on any atom is -0.478 e. The first-order valence-corrected chi connectivity index (χ1v) is 5.26. The van der Waals surface area contributed by atoms with Crippen LogP contribution in [0.3, 0.4) is 0 Å². The zero-order chi connectivity index (χ0) is 15.3. The summed E-state index contributed by atoms with van der Waals surface area (Å²) >= 11 is 5.04. The number of aliphatic hydroxyl groups excluding tert-OH is 2. The molecule has 0 fully saturated rings. The lowest BCUT2D eigenvalue weighted by Crippen LogP contribution is -2.12. The smallest absolute Gasteiger partial charge is 0.330 e. The second kappa shape index (κ2) is 13.7. The van der Waals surface area contributed by atoms with Gasteiger partial charge in [0, 0.05) is 11.1 Å². The van der Waals surface area contributed by atoms with Gasteiger partial charge in [-0.05, 0) is 13.8 Å². The number of halogens is 1.